The topological polar surface area (TPSA) is 70.5 Å². The van der Waals surface area contributed by atoms with Crippen LogP contribution in [0.5, 0.6) is 0 Å². The number of rotatable bonds is 1. The maximum Gasteiger partial charge on any atom is 0.378 e. The lowest BCUT2D eigenvalue weighted by Crippen LogP contribution is -2.13. The van der Waals surface area contributed by atoms with E-state index >= 15 is 0 Å². The summed E-state index contributed by atoms with van der Waals surface area (Å²) in [5.74, 6) is -0.0249. The van der Waals surface area contributed by atoms with Crippen LogP contribution >= 0.6 is 0 Å². The van der Waals surface area contributed by atoms with Crippen molar-refractivity contribution in [2.24, 2.45) is 0 Å². The normalized spacial score (nSPS) is 10.4. The second-order valence-corrected chi connectivity index (χ2v) is 3.92. The van der Waals surface area contributed by atoms with E-state index in [0.29, 0.717) is 0 Å². The molecule has 0 aliphatic carbocycles. The maximum atomic E-state index is 10.6. The zero-order chi connectivity index (χ0) is 7.49. The molecule has 52 valence electrons. The van der Waals surface area contributed by atoms with Gasteiger partial charge in [0.2, 0.25) is 9.84 Å². The summed E-state index contributed by atoms with van der Waals surface area (Å²) in [6.07, 6.45) is 0. The molecule has 0 aliphatic rings. The molecule has 0 saturated carbocycles. The van der Waals surface area contributed by atoms with Gasteiger partial charge in [0.15, 0.2) is 0 Å². The van der Waals surface area contributed by atoms with Gasteiger partial charge in [0.1, 0.15) is 0 Å². The minimum absolute atomic E-state index is 0.0249. The third-order valence-electron chi connectivity index (χ3n) is 0.971. The van der Waals surface area contributed by atoms with E-state index in [4.69, 9.17) is 5.53 Å². The molecule has 0 aliphatic heterocycles. The van der Waals surface area contributed by atoms with Gasteiger partial charge in [-0.2, -0.15) is 4.79 Å². The molecule has 0 aromatic carbocycles. The molecule has 0 unspecified atom stereocenters. The van der Waals surface area contributed by atoms with Gasteiger partial charge in [0.05, 0.1) is 12.7 Å². The highest BCUT2D eigenvalue weighted by Crippen LogP contribution is 1.88. The summed E-state index contributed by atoms with van der Waals surface area (Å²) in [4.78, 5) is 2.56. The molecular weight excluding hydrogens is 140 g/mol. The Morgan fingerprint density at radius 3 is 2.22 bits per heavy atom. The molecule has 0 bridgehead atoms. The molecule has 5 heteroatoms. The largest absolute Gasteiger partial charge is 0.378 e. The monoisotopic (exact) mass is 148 g/mol. The fourth-order valence-electron chi connectivity index (χ4n) is 0.271. The molecule has 0 spiro atoms. The van der Waals surface area contributed by atoms with Gasteiger partial charge in [-0.3, -0.25) is 0 Å². The third kappa shape index (κ3) is 1.95. The highest BCUT2D eigenvalue weighted by molar-refractivity contribution is 8.06. The van der Waals surface area contributed by atoms with Gasteiger partial charge < -0.3 is 5.53 Å². The number of sulfone groups is 1. The average molecular weight is 148 g/mol. The van der Waals surface area contributed by atoms with E-state index in [9.17, 15) is 8.42 Å². The highest BCUT2D eigenvalue weighted by Gasteiger charge is 2.18. The SMILES string of the molecule is CCS(=O)(=O)C(C)=[N+]=[N-]. The van der Waals surface area contributed by atoms with Crippen LogP contribution in [0.15, 0.2) is 0 Å². The number of nitrogens with zero attached hydrogens (tertiary/aromatic N) is 2. The van der Waals surface area contributed by atoms with Crippen LogP contribution in [0.1, 0.15) is 13.8 Å². The Kier molecular flexibility index (Phi) is 2.55. The smallest absolute Gasteiger partial charge is 0.360 e. The predicted molar refractivity (Wildman–Crippen MR) is 33.8 cm³/mol. The van der Waals surface area contributed by atoms with Crippen molar-refractivity contribution >= 4 is 14.9 Å². The first kappa shape index (κ1) is 8.33. The summed E-state index contributed by atoms with van der Waals surface area (Å²) in [6, 6.07) is 0. The van der Waals surface area contributed by atoms with E-state index in [2.05, 4.69) is 4.79 Å². The van der Waals surface area contributed by atoms with E-state index in [1.807, 2.05) is 0 Å². The molecular formula is C4H8N2O2S. The van der Waals surface area contributed by atoms with E-state index in [0.717, 1.165) is 0 Å². The molecule has 0 aromatic rings. The number of hydrogen-bond donors (Lipinski definition) is 0. The molecule has 0 rings (SSSR count). The average Bonchev–Trinajstić information content (AvgIpc) is 1.86. The Balaban J connectivity index is 4.79. The van der Waals surface area contributed by atoms with Crippen molar-refractivity contribution in [1.29, 1.82) is 0 Å². The van der Waals surface area contributed by atoms with Crippen LogP contribution in [0.4, 0.5) is 0 Å². The fraction of sp³-hybridized carbons (Fsp3) is 0.750. The molecule has 0 radical (unpaired) electrons. The Morgan fingerprint density at radius 1 is 1.67 bits per heavy atom. The van der Waals surface area contributed by atoms with Crippen LogP contribution in [-0.2, 0) is 9.84 Å². The van der Waals surface area contributed by atoms with Crippen LogP contribution in [0.3, 0.4) is 0 Å². The molecule has 0 atom stereocenters. The Labute approximate surface area is 54.0 Å². The molecule has 0 N–H and O–H groups in total. The summed E-state index contributed by atoms with van der Waals surface area (Å²) in [5.41, 5.74) is 8.01. The van der Waals surface area contributed by atoms with E-state index in [1.165, 1.54) is 13.8 Å². The molecule has 0 saturated heterocycles. The van der Waals surface area contributed by atoms with Gasteiger partial charge >= 0.3 is 5.04 Å². The first-order valence-electron chi connectivity index (χ1n) is 2.46. The zero-order valence-electron chi connectivity index (χ0n) is 5.33. The van der Waals surface area contributed by atoms with Crippen molar-refractivity contribution in [1.82, 2.24) is 0 Å². The second-order valence-electron chi connectivity index (χ2n) is 1.52. The van der Waals surface area contributed by atoms with Crippen LogP contribution in [0.2, 0.25) is 0 Å². The van der Waals surface area contributed by atoms with Crippen molar-refractivity contribution in [3.8, 4) is 0 Å². The second kappa shape index (κ2) is 2.75. The minimum Gasteiger partial charge on any atom is -0.360 e. The van der Waals surface area contributed by atoms with Crippen molar-refractivity contribution in [3.05, 3.63) is 5.53 Å². The van der Waals surface area contributed by atoms with E-state index in [1.54, 1.807) is 0 Å². The first-order valence-corrected chi connectivity index (χ1v) is 4.11. The molecule has 9 heavy (non-hydrogen) atoms. The van der Waals surface area contributed by atoms with Gasteiger partial charge in [-0.05, 0) is 0 Å². The summed E-state index contributed by atoms with van der Waals surface area (Å²) in [7, 11) is -3.25. The number of hydrogen-bond acceptors (Lipinski definition) is 2. The quantitative estimate of drug-likeness (QED) is 0.228. The third-order valence-corrected chi connectivity index (χ3v) is 2.71. The summed E-state index contributed by atoms with van der Waals surface area (Å²) >= 11 is 0. The Bertz CT molecular complexity index is 235. The van der Waals surface area contributed by atoms with Crippen molar-refractivity contribution in [3.63, 3.8) is 0 Å². The molecule has 4 nitrogen and oxygen atoms in total. The van der Waals surface area contributed by atoms with Crippen molar-refractivity contribution < 1.29 is 13.2 Å². The van der Waals surface area contributed by atoms with Gasteiger partial charge in [-0.1, -0.05) is 6.92 Å². The van der Waals surface area contributed by atoms with Crippen LogP contribution in [0, 0.1) is 0 Å². The molecule has 0 aromatic heterocycles. The van der Waals surface area contributed by atoms with Crippen molar-refractivity contribution in [2.45, 2.75) is 13.8 Å². The van der Waals surface area contributed by atoms with Gasteiger partial charge in [0.25, 0.3) is 0 Å². The summed E-state index contributed by atoms with van der Waals surface area (Å²) in [5, 5.41) is -0.231. The highest BCUT2D eigenvalue weighted by atomic mass is 32.2. The Hall–Kier alpha value is -0.670. The van der Waals surface area contributed by atoms with Crippen LogP contribution in [-0.4, -0.2) is 24.0 Å². The fourth-order valence-corrected chi connectivity index (χ4v) is 0.813. The van der Waals surface area contributed by atoms with E-state index < -0.39 is 9.84 Å². The van der Waals surface area contributed by atoms with Gasteiger partial charge in [-0.15, -0.1) is 0 Å². The summed E-state index contributed by atoms with van der Waals surface area (Å²) in [6.45, 7) is 2.74. The lowest BCUT2D eigenvalue weighted by atomic mass is 10.9. The van der Waals surface area contributed by atoms with Gasteiger partial charge in [-0.25, -0.2) is 8.42 Å². The summed E-state index contributed by atoms with van der Waals surface area (Å²) < 4.78 is 21.3. The lowest BCUT2D eigenvalue weighted by Gasteiger charge is -1.85. The maximum absolute atomic E-state index is 10.6. The first-order chi connectivity index (χ1) is 4.04. The van der Waals surface area contributed by atoms with E-state index in [-0.39, 0.29) is 10.8 Å². The Morgan fingerprint density at radius 2 is 2.11 bits per heavy atom. The molecule has 0 heterocycles. The van der Waals surface area contributed by atoms with Crippen molar-refractivity contribution in [2.75, 3.05) is 5.75 Å². The van der Waals surface area contributed by atoms with Crippen LogP contribution < -0.4 is 0 Å². The van der Waals surface area contributed by atoms with Crippen LogP contribution in [0.25, 0.3) is 5.53 Å². The lowest BCUT2D eigenvalue weighted by molar-refractivity contribution is -0.00109. The predicted octanol–water partition coefficient (Wildman–Crippen LogP) is 0.0693. The standard InChI is InChI=1S/C4H8N2O2S/c1-3-9(7,8)4(2)6-5/h3H2,1-2H3. The molecule has 0 amide bonds. The van der Waals surface area contributed by atoms with Gasteiger partial charge in [0, 0.05) is 0 Å². The minimum atomic E-state index is -3.25. The molecule has 0 fully saturated rings. The zero-order valence-corrected chi connectivity index (χ0v) is 6.14.